The molecule has 0 aliphatic carbocycles. The van der Waals surface area contributed by atoms with Crippen LogP contribution in [0.3, 0.4) is 0 Å². The van der Waals surface area contributed by atoms with Crippen LogP contribution < -0.4 is 10.6 Å². The maximum Gasteiger partial charge on any atom is 0.416 e. The largest absolute Gasteiger partial charge is 0.416 e. The summed E-state index contributed by atoms with van der Waals surface area (Å²) >= 11 is 1.31. The molecule has 150 valence electrons. The lowest BCUT2D eigenvalue weighted by Gasteiger charge is -2.09. The zero-order valence-electron chi connectivity index (χ0n) is 14.9. The molecule has 0 saturated heterocycles. The van der Waals surface area contributed by atoms with Crippen molar-refractivity contribution in [2.75, 3.05) is 5.32 Å². The second kappa shape index (κ2) is 8.82. The molecule has 10 heteroatoms. The number of nitrogens with zero attached hydrogens (tertiary/aromatic N) is 2. The van der Waals surface area contributed by atoms with E-state index in [2.05, 4.69) is 20.6 Å². The Bertz CT molecular complexity index is 972. The van der Waals surface area contributed by atoms with Crippen molar-refractivity contribution < 1.29 is 22.8 Å². The van der Waals surface area contributed by atoms with Crippen LogP contribution in [0.5, 0.6) is 0 Å². The van der Waals surface area contributed by atoms with Gasteiger partial charge in [-0.25, -0.2) is 9.97 Å². The van der Waals surface area contributed by atoms with Crippen LogP contribution in [0, 0.1) is 0 Å². The fraction of sp³-hybridized carbons (Fsp3) is 0.158. The van der Waals surface area contributed by atoms with E-state index < -0.39 is 11.7 Å². The first-order chi connectivity index (χ1) is 13.8. The first-order valence-electron chi connectivity index (χ1n) is 8.38. The lowest BCUT2D eigenvalue weighted by molar-refractivity contribution is -0.137. The number of carbonyl (C=O) groups excluding carboxylic acids is 2. The van der Waals surface area contributed by atoms with Crippen molar-refractivity contribution in [3.63, 3.8) is 0 Å². The molecule has 0 bridgehead atoms. The number of alkyl halides is 3. The minimum Gasteiger partial charge on any atom is -0.352 e. The van der Waals surface area contributed by atoms with E-state index in [0.717, 1.165) is 12.1 Å². The molecule has 0 aliphatic rings. The minimum atomic E-state index is -4.39. The highest BCUT2D eigenvalue weighted by Gasteiger charge is 2.29. The smallest absolute Gasteiger partial charge is 0.352 e. The lowest BCUT2D eigenvalue weighted by atomic mass is 10.1. The number of carbonyl (C=O) groups is 2. The monoisotopic (exact) mass is 420 g/mol. The quantitative estimate of drug-likeness (QED) is 0.637. The molecule has 2 heterocycles. The number of amides is 2. The molecule has 3 rings (SSSR count). The van der Waals surface area contributed by atoms with E-state index in [1.165, 1.54) is 29.7 Å². The predicted molar refractivity (Wildman–Crippen MR) is 101 cm³/mol. The highest BCUT2D eigenvalue weighted by molar-refractivity contribution is 7.07. The number of halogens is 3. The Morgan fingerprint density at radius 3 is 2.31 bits per heavy atom. The van der Waals surface area contributed by atoms with Crippen LogP contribution in [0.15, 0.2) is 53.5 Å². The minimum absolute atomic E-state index is 0.0496. The van der Waals surface area contributed by atoms with Gasteiger partial charge in [-0.15, -0.1) is 11.3 Å². The van der Waals surface area contributed by atoms with Crippen molar-refractivity contribution in [3.8, 4) is 0 Å². The molecule has 0 atom stereocenters. The summed E-state index contributed by atoms with van der Waals surface area (Å²) in [6, 6.07) is 7.83. The van der Waals surface area contributed by atoms with Crippen molar-refractivity contribution in [1.82, 2.24) is 15.3 Å². The molecule has 0 radical (unpaired) electrons. The van der Waals surface area contributed by atoms with E-state index in [9.17, 15) is 22.8 Å². The zero-order valence-corrected chi connectivity index (χ0v) is 15.7. The molecule has 0 spiro atoms. The molecule has 1 aromatic carbocycles. The second-order valence-corrected chi connectivity index (χ2v) is 6.75. The maximum atomic E-state index is 12.5. The number of rotatable bonds is 6. The molecule has 0 aliphatic heterocycles. The van der Waals surface area contributed by atoms with E-state index in [4.69, 9.17) is 0 Å². The Labute approximate surface area is 167 Å². The Hall–Kier alpha value is -3.27. The van der Waals surface area contributed by atoms with Crippen LogP contribution in [0.2, 0.25) is 0 Å². The number of pyridine rings is 1. The van der Waals surface area contributed by atoms with Gasteiger partial charge >= 0.3 is 6.18 Å². The summed E-state index contributed by atoms with van der Waals surface area (Å²) in [5.41, 5.74) is 2.30. The number of hydrogen-bond donors (Lipinski definition) is 2. The van der Waals surface area contributed by atoms with Gasteiger partial charge in [-0.1, -0.05) is 18.2 Å². The molecule has 0 saturated carbocycles. The Kier molecular flexibility index (Phi) is 6.23. The van der Waals surface area contributed by atoms with Gasteiger partial charge < -0.3 is 10.6 Å². The third-order valence-corrected chi connectivity index (χ3v) is 4.45. The number of hydrogen-bond acceptors (Lipinski definition) is 5. The van der Waals surface area contributed by atoms with Gasteiger partial charge in [0.2, 0.25) is 5.91 Å². The predicted octanol–water partition coefficient (Wildman–Crippen LogP) is 3.67. The average Bonchev–Trinajstić information content (AvgIpc) is 3.22. The van der Waals surface area contributed by atoms with Gasteiger partial charge in [0.15, 0.2) is 0 Å². The van der Waals surface area contributed by atoms with E-state index >= 15 is 0 Å². The fourth-order valence-electron chi connectivity index (χ4n) is 2.37. The Balaban J connectivity index is 1.48. The average molecular weight is 420 g/mol. The number of aromatic nitrogens is 2. The highest BCUT2D eigenvalue weighted by Crippen LogP contribution is 2.29. The molecule has 29 heavy (non-hydrogen) atoms. The Morgan fingerprint density at radius 2 is 1.72 bits per heavy atom. The van der Waals surface area contributed by atoms with Gasteiger partial charge in [0.1, 0.15) is 11.5 Å². The number of anilines is 1. The summed E-state index contributed by atoms with van der Waals surface area (Å²) in [5.74, 6) is -0.344. The second-order valence-electron chi connectivity index (χ2n) is 6.03. The number of benzene rings is 1. The molecule has 3 aromatic rings. The van der Waals surface area contributed by atoms with Crippen LogP contribution in [0.4, 0.5) is 19.0 Å². The van der Waals surface area contributed by atoms with E-state index in [0.29, 0.717) is 22.6 Å². The third kappa shape index (κ3) is 5.85. The molecule has 0 unspecified atom stereocenters. The summed E-state index contributed by atoms with van der Waals surface area (Å²) < 4.78 is 37.6. The van der Waals surface area contributed by atoms with Gasteiger partial charge in [-0.2, -0.15) is 13.2 Å². The fourth-order valence-corrected chi connectivity index (χ4v) is 2.90. The molecule has 0 fully saturated rings. The van der Waals surface area contributed by atoms with Gasteiger partial charge in [0.25, 0.3) is 5.91 Å². The van der Waals surface area contributed by atoms with Crippen molar-refractivity contribution in [1.29, 1.82) is 0 Å². The van der Waals surface area contributed by atoms with Gasteiger partial charge in [-0.3, -0.25) is 9.59 Å². The summed E-state index contributed by atoms with van der Waals surface area (Å²) in [7, 11) is 0. The van der Waals surface area contributed by atoms with Crippen molar-refractivity contribution in [2.24, 2.45) is 0 Å². The van der Waals surface area contributed by atoms with E-state index in [1.54, 1.807) is 23.0 Å². The number of thiazole rings is 1. The normalized spacial score (nSPS) is 11.1. The van der Waals surface area contributed by atoms with Crippen LogP contribution in [0.25, 0.3) is 0 Å². The van der Waals surface area contributed by atoms with Crippen molar-refractivity contribution >= 4 is 29.0 Å². The van der Waals surface area contributed by atoms with Crippen LogP contribution >= 0.6 is 11.3 Å². The molecule has 6 nitrogen and oxygen atoms in total. The molecular weight excluding hydrogens is 405 g/mol. The first kappa shape index (κ1) is 20.5. The zero-order chi connectivity index (χ0) is 20.9. The summed E-state index contributed by atoms with van der Waals surface area (Å²) in [6.07, 6.45) is -2.87. The summed E-state index contributed by atoms with van der Waals surface area (Å²) in [5, 5.41) is 6.86. The summed E-state index contributed by atoms with van der Waals surface area (Å²) in [6.45, 7) is 0.117. The van der Waals surface area contributed by atoms with Crippen molar-refractivity contribution in [3.05, 3.63) is 75.9 Å². The van der Waals surface area contributed by atoms with E-state index in [-0.39, 0.29) is 24.8 Å². The SMILES string of the molecule is O=C(Cc1ccc(NC(=O)c2cscn2)nc1)NCc1ccc(C(F)(F)F)cc1. The molecule has 2 amide bonds. The first-order valence-corrected chi connectivity index (χ1v) is 9.33. The topological polar surface area (TPSA) is 84.0 Å². The van der Waals surface area contributed by atoms with E-state index in [1.807, 2.05) is 0 Å². The van der Waals surface area contributed by atoms with Crippen LogP contribution in [-0.2, 0) is 23.9 Å². The summed E-state index contributed by atoms with van der Waals surface area (Å²) in [4.78, 5) is 31.9. The standard InChI is InChI=1S/C19H15F3N4O2S/c20-19(21,22)14-4-1-12(2-5-14)8-24-17(27)7-13-3-6-16(23-9-13)26-18(28)15-10-29-11-25-15/h1-6,9-11H,7-8H2,(H,24,27)(H,23,26,28). The lowest BCUT2D eigenvalue weighted by Crippen LogP contribution is -2.24. The van der Waals surface area contributed by atoms with Crippen LogP contribution in [-0.4, -0.2) is 21.8 Å². The van der Waals surface area contributed by atoms with Gasteiger partial charge in [-0.05, 0) is 29.3 Å². The Morgan fingerprint density at radius 1 is 1.00 bits per heavy atom. The van der Waals surface area contributed by atoms with Crippen molar-refractivity contribution in [2.45, 2.75) is 19.1 Å². The highest BCUT2D eigenvalue weighted by atomic mass is 32.1. The molecular formula is C19H15F3N4O2S. The van der Waals surface area contributed by atoms with Gasteiger partial charge in [0.05, 0.1) is 17.5 Å². The molecule has 2 N–H and O–H groups in total. The van der Waals surface area contributed by atoms with Gasteiger partial charge in [0, 0.05) is 18.1 Å². The third-order valence-electron chi connectivity index (χ3n) is 3.87. The maximum absolute atomic E-state index is 12.5. The number of nitrogens with one attached hydrogen (secondary N) is 2. The molecule has 2 aromatic heterocycles. The van der Waals surface area contributed by atoms with Crippen LogP contribution in [0.1, 0.15) is 27.2 Å².